The van der Waals surface area contributed by atoms with Gasteiger partial charge >= 0.3 is 0 Å². The van der Waals surface area contributed by atoms with E-state index in [0.717, 1.165) is 0 Å². The van der Waals surface area contributed by atoms with E-state index in [4.69, 9.17) is 14.2 Å². The topological polar surface area (TPSA) is 129 Å². The van der Waals surface area contributed by atoms with Crippen molar-refractivity contribution in [2.24, 2.45) is 0 Å². The number of rotatable bonds is 12. The van der Waals surface area contributed by atoms with E-state index in [-0.39, 0.29) is 0 Å². The van der Waals surface area contributed by atoms with Gasteiger partial charge in [-0.3, -0.25) is 0 Å². The zero-order chi connectivity index (χ0) is 32.2. The van der Waals surface area contributed by atoms with Gasteiger partial charge in [0, 0.05) is 0 Å². The van der Waals surface area contributed by atoms with Crippen molar-refractivity contribution in [2.75, 3.05) is 0 Å². The predicted octanol–water partition coefficient (Wildman–Crippen LogP) is 5.03. The smallest absolute Gasteiger partial charge is 0.261 e. The van der Waals surface area contributed by atoms with Gasteiger partial charge in [0.25, 0.3) is 3.79 Å². The molecule has 0 radical (unpaired) electrons. The minimum Gasteiger partial charge on any atom is -0.373 e. The SMILES string of the molecule is C=IC1(O)C(O)(I=C)[C@](O)(I=C)C(C)(I=C)O[C@]1(OC1(I=C)C(O)(I=C)[C@](O)(I=C)C(C)(I=C)O[C@]1(C)I=C)I=C. The summed E-state index contributed by atoms with van der Waals surface area (Å²) in [6.07, 6.45) is 0. The van der Waals surface area contributed by atoms with E-state index in [1.807, 2.05) is 6.92 Å². The van der Waals surface area contributed by atoms with Crippen LogP contribution in [0.4, 0.5) is 0 Å². The molecule has 5 N–H and O–H groups in total. The molecule has 8 nitrogen and oxygen atoms in total. The Hall–Kier alpha value is 5.68. The summed E-state index contributed by atoms with van der Waals surface area (Å²) in [6.45, 7) is 5.28. The Morgan fingerprint density at radius 3 is 1.10 bits per heavy atom. The summed E-state index contributed by atoms with van der Waals surface area (Å²) in [7, 11) is 0. The van der Waals surface area contributed by atoms with Crippen molar-refractivity contribution in [1.29, 1.82) is 0 Å². The summed E-state index contributed by atoms with van der Waals surface area (Å²) in [5.74, 6) is 0. The molecule has 6 unspecified atom stereocenters. The first-order valence-electron chi connectivity index (χ1n) is 10.4. The zero-order valence-corrected chi connectivity index (χ0v) is 43.9. The first kappa shape index (κ1) is 42.8. The van der Waals surface area contributed by atoms with Crippen molar-refractivity contribution in [3.8, 4) is 0 Å². The summed E-state index contributed by atoms with van der Waals surface area (Å²) in [5, 5.41) is 62.8. The van der Waals surface area contributed by atoms with Crippen LogP contribution in [0.15, 0.2) is 0 Å². The van der Waals surface area contributed by atoms with Crippen LogP contribution in [-0.4, -0.2) is 107 Å². The number of aliphatic hydroxyl groups is 5. The van der Waals surface area contributed by atoms with Crippen molar-refractivity contribution in [3.63, 3.8) is 0 Å². The Labute approximate surface area is 341 Å². The van der Waals surface area contributed by atoms with Crippen molar-refractivity contribution in [2.45, 2.75) is 57.0 Å². The summed E-state index contributed by atoms with van der Waals surface area (Å²) < 4.78 is 45.2. The number of halogens is 10. The maximum absolute atomic E-state index is 13.0. The quantitative estimate of drug-likeness (QED) is 0.136. The van der Waals surface area contributed by atoms with E-state index in [0.29, 0.717) is 0 Å². The molecule has 244 valence electrons. The Morgan fingerprint density at radius 2 is 0.780 bits per heavy atom. The summed E-state index contributed by atoms with van der Waals surface area (Å²) in [4.78, 5) is 0. The molecule has 2 rings (SSSR count). The lowest BCUT2D eigenvalue weighted by Crippen LogP contribution is -2.84. The van der Waals surface area contributed by atoms with Gasteiger partial charge in [0.2, 0.25) is 3.61 Å². The Kier molecular flexibility index (Phi) is 15.4. The van der Waals surface area contributed by atoms with Crippen LogP contribution in [0.5, 0.6) is 0 Å². The fraction of sp³-hybridized carbons (Fsp3) is 0.565. The largest absolute Gasteiger partial charge is 0.373 e. The first-order valence-corrected chi connectivity index (χ1v) is 36.4. The van der Waals surface area contributed by atoms with Crippen molar-refractivity contribution < 1.29 is 39.7 Å². The highest BCUT2D eigenvalue weighted by atomic mass is 127. The van der Waals surface area contributed by atoms with Gasteiger partial charge in [-0.05, 0) is 20.8 Å². The third-order valence-corrected chi connectivity index (χ3v) is 41.6. The lowest BCUT2D eigenvalue weighted by Gasteiger charge is -2.68. The normalized spacial score (nSPS) is 52.3. The van der Waals surface area contributed by atoms with Gasteiger partial charge in [-0.2, -0.15) is 0 Å². The third-order valence-electron chi connectivity index (χ3n) is 6.97. The molecule has 2 fully saturated rings. The van der Waals surface area contributed by atoms with Gasteiger partial charge in [-0.25, -0.2) is 0 Å². The molecule has 0 aromatic heterocycles. The van der Waals surface area contributed by atoms with E-state index in [1.165, 1.54) is 0 Å². The van der Waals surface area contributed by atoms with Crippen molar-refractivity contribution in [3.05, 3.63) is 0 Å². The van der Waals surface area contributed by atoms with Gasteiger partial charge < -0.3 is 39.7 Å². The van der Waals surface area contributed by atoms with E-state index in [2.05, 4.69) is 45.1 Å². The molecule has 0 saturated carbocycles. The fourth-order valence-electron chi connectivity index (χ4n) is 4.48. The zero-order valence-electron chi connectivity index (χ0n) is 22.3. The molecule has 2 saturated heterocycles. The molecule has 0 bridgehead atoms. The monoisotopic (exact) mass is 1710 g/mol. The minimum absolute atomic E-state index is 1.04. The summed E-state index contributed by atoms with van der Waals surface area (Å²) in [6, 6.07) is 0. The second-order valence-electron chi connectivity index (χ2n) is 8.63. The average Bonchev–Trinajstić information content (AvgIpc) is 2.98. The highest BCUT2D eigenvalue weighted by Crippen LogP contribution is 2.75. The Balaban J connectivity index is 3.25. The van der Waals surface area contributed by atoms with Crippen LogP contribution in [0.3, 0.4) is 0 Å². The van der Waals surface area contributed by atoms with E-state index < -0.39 is 244 Å². The molecule has 0 amide bonds. The molecule has 0 aromatic rings. The number of ether oxygens (including phenoxy) is 3. The van der Waals surface area contributed by atoms with Gasteiger partial charge in [0.1, 0.15) is 0 Å². The van der Waals surface area contributed by atoms with Crippen molar-refractivity contribution >= 4 is 252 Å². The standard InChI is InChI=1S/C23H34I10O8/c1-14(24-4)18(35,28-8)20(37,30-10)22(32-12,16(3,26-6)39-14)41-23(33-13)21(38,31-11)19(36,29-9)17(34,27-7)15(2,25-5)40-23/h34-38H,4-13H2,1-3H3/t14?,15?,16-,17-,18-,19?,20?,21?,22?,23+/m0/s1. The molecule has 2 heterocycles. The van der Waals surface area contributed by atoms with E-state index in [9.17, 15) is 25.5 Å². The van der Waals surface area contributed by atoms with Crippen molar-refractivity contribution in [1.82, 2.24) is 0 Å². The van der Waals surface area contributed by atoms with Crippen LogP contribution in [-0.2, 0) is 14.2 Å². The molecular weight excluding hydrogens is 1670 g/mol. The lowest BCUT2D eigenvalue weighted by molar-refractivity contribution is -0.366. The second kappa shape index (κ2) is 14.7. The van der Waals surface area contributed by atoms with Gasteiger partial charge in [0.05, 0.1) is 0 Å². The number of alkyl halides is 10. The average molecular weight is 1710 g/mol. The molecule has 0 spiro atoms. The molecule has 2 aliphatic rings. The summed E-state index contributed by atoms with van der Waals surface area (Å²) in [5.41, 5.74) is 0. The van der Waals surface area contributed by atoms with Crippen LogP contribution in [0.25, 0.3) is 0 Å². The van der Waals surface area contributed by atoms with Gasteiger partial charge in [-0.15, -0.1) is 0 Å². The highest BCUT2D eigenvalue weighted by Gasteiger charge is 2.85. The van der Waals surface area contributed by atoms with E-state index >= 15 is 0 Å². The van der Waals surface area contributed by atoms with Crippen LogP contribution in [0.1, 0.15) is 20.8 Å². The first-order chi connectivity index (χ1) is 18.7. The van der Waals surface area contributed by atoms with Crippen LogP contribution >= 0.6 is 207 Å². The highest BCUT2D eigenvalue weighted by molar-refractivity contribution is 14.2. The predicted molar refractivity (Wildman–Crippen MR) is 270 cm³/mol. The lowest BCUT2D eigenvalue weighted by atomic mass is 9.95. The van der Waals surface area contributed by atoms with E-state index in [1.54, 1.807) is 13.8 Å². The number of hydrogen-bond donors (Lipinski definition) is 5. The molecule has 10 atom stereocenters. The molecule has 18 heteroatoms. The Bertz CT molecular complexity index is 1250. The van der Waals surface area contributed by atoms with Gasteiger partial charge in [0.15, 0.2) is 28.9 Å². The minimum atomic E-state index is -2.18. The second-order valence-corrected chi connectivity index (χ2v) is 33.2. The molecule has 0 aliphatic carbocycles. The molecular formula is C23H34I10O8. The van der Waals surface area contributed by atoms with Crippen LogP contribution in [0, 0.1) is 0 Å². The third kappa shape index (κ3) is 5.52. The number of hydrogen-bond acceptors (Lipinski definition) is 8. The maximum Gasteiger partial charge on any atom is 0.261 e. The Morgan fingerprint density at radius 1 is 0.415 bits per heavy atom. The molecule has 2 aliphatic heterocycles. The summed E-state index contributed by atoms with van der Waals surface area (Å²) >= 11 is -13.7. The van der Waals surface area contributed by atoms with Gasteiger partial charge in [-0.1, -0.05) is 252 Å². The fourth-order valence-corrected chi connectivity index (χ4v) is 41.8. The molecule has 0 aromatic carbocycles. The van der Waals surface area contributed by atoms with Crippen LogP contribution < -0.4 is 0 Å². The maximum atomic E-state index is 13.0. The molecule has 41 heavy (non-hydrogen) atoms. The van der Waals surface area contributed by atoms with Crippen LogP contribution in [0.2, 0.25) is 0 Å².